The molecule has 0 spiro atoms. The van der Waals surface area contributed by atoms with Crippen LogP contribution in [0.5, 0.6) is 11.5 Å². The standard InChI is InChI=1S/C33H50N2O6S2/c1-9-11-13-15-17-40-29-19-25(7)31(21-27(29)23(3)4)42(36,37)33(35-34)43(38,39)32-22-28(24(5)6)30(20-26(32)8)41-18-16-14-12-10-2/h19-24H,9-18H2,1-8H3. The van der Waals surface area contributed by atoms with Crippen molar-refractivity contribution >= 4 is 24.1 Å². The van der Waals surface area contributed by atoms with Crippen molar-refractivity contribution in [2.24, 2.45) is 0 Å². The van der Waals surface area contributed by atoms with Gasteiger partial charge in [-0.05, 0) is 85.0 Å². The highest BCUT2D eigenvalue weighted by atomic mass is 32.3. The zero-order valence-corrected chi connectivity index (χ0v) is 28.8. The molecule has 0 saturated carbocycles. The zero-order chi connectivity index (χ0) is 32.4. The van der Waals surface area contributed by atoms with Crippen LogP contribution < -0.4 is 9.47 Å². The molecule has 0 atom stereocenters. The Morgan fingerprint density at radius 1 is 0.674 bits per heavy atom. The molecule has 0 saturated heterocycles. The van der Waals surface area contributed by atoms with Crippen molar-refractivity contribution in [3.63, 3.8) is 0 Å². The van der Waals surface area contributed by atoms with Gasteiger partial charge < -0.3 is 15.0 Å². The third kappa shape index (κ3) is 9.16. The molecule has 0 N–H and O–H groups in total. The van der Waals surface area contributed by atoms with Crippen LogP contribution in [0.3, 0.4) is 0 Å². The topological polar surface area (TPSA) is 123 Å². The number of rotatable bonds is 16. The number of ether oxygens (including phenoxy) is 2. The summed E-state index contributed by atoms with van der Waals surface area (Å²) in [6.07, 6.45) is 8.28. The van der Waals surface area contributed by atoms with Gasteiger partial charge in [0.25, 0.3) is 19.7 Å². The average molecular weight is 635 g/mol. The molecular weight excluding hydrogens is 585 g/mol. The molecular formula is C33H50N2O6S2. The first kappa shape index (κ1) is 36.5. The fourth-order valence-electron chi connectivity index (χ4n) is 4.95. The first-order chi connectivity index (χ1) is 20.2. The summed E-state index contributed by atoms with van der Waals surface area (Å²) in [5.41, 5.74) is 11.8. The molecule has 0 heterocycles. The van der Waals surface area contributed by atoms with Gasteiger partial charge in [-0.2, -0.15) is 0 Å². The van der Waals surface area contributed by atoms with Crippen LogP contribution in [0.1, 0.15) is 127 Å². The van der Waals surface area contributed by atoms with Crippen molar-refractivity contribution in [1.82, 2.24) is 0 Å². The van der Waals surface area contributed by atoms with E-state index >= 15 is 0 Å². The van der Waals surface area contributed by atoms with E-state index in [9.17, 15) is 22.4 Å². The van der Waals surface area contributed by atoms with E-state index in [1.807, 2.05) is 27.7 Å². The van der Waals surface area contributed by atoms with Gasteiger partial charge in [-0.15, -0.1) is 4.79 Å². The van der Waals surface area contributed by atoms with E-state index in [2.05, 4.69) is 18.6 Å². The minimum absolute atomic E-state index is 0.100. The number of benzene rings is 2. The molecule has 2 aromatic carbocycles. The third-order valence-electron chi connectivity index (χ3n) is 7.49. The molecule has 0 amide bonds. The maximum Gasteiger partial charge on any atom is 0.504 e. The van der Waals surface area contributed by atoms with Crippen molar-refractivity contribution in [3.8, 4) is 11.5 Å². The minimum atomic E-state index is -4.75. The Labute approximate surface area is 259 Å². The fraction of sp³-hybridized carbons (Fsp3) is 0.606. The molecule has 0 unspecified atom stereocenters. The molecule has 2 rings (SSSR count). The summed E-state index contributed by atoms with van der Waals surface area (Å²) in [6, 6.07) is 6.13. The van der Waals surface area contributed by atoms with Crippen molar-refractivity contribution in [3.05, 3.63) is 52.1 Å². The molecule has 0 aliphatic carbocycles. The van der Waals surface area contributed by atoms with Crippen LogP contribution in [0.2, 0.25) is 0 Å². The van der Waals surface area contributed by atoms with Crippen LogP contribution >= 0.6 is 0 Å². The smallest absolute Gasteiger partial charge is 0.493 e. The summed E-state index contributed by atoms with van der Waals surface area (Å²) < 4.78 is 66.4. The van der Waals surface area contributed by atoms with Crippen LogP contribution in [0, 0.1) is 13.8 Å². The summed E-state index contributed by atoms with van der Waals surface area (Å²) >= 11 is 0. The highest BCUT2D eigenvalue weighted by molar-refractivity contribution is 8.31. The van der Waals surface area contributed by atoms with Gasteiger partial charge in [-0.25, -0.2) is 16.8 Å². The van der Waals surface area contributed by atoms with Gasteiger partial charge in [0.1, 0.15) is 11.5 Å². The van der Waals surface area contributed by atoms with Gasteiger partial charge in [-0.3, -0.25) is 0 Å². The van der Waals surface area contributed by atoms with Gasteiger partial charge in [-0.1, -0.05) is 80.1 Å². The van der Waals surface area contributed by atoms with E-state index in [-0.39, 0.29) is 21.6 Å². The van der Waals surface area contributed by atoms with Crippen LogP contribution in [0.15, 0.2) is 34.1 Å². The molecule has 8 nitrogen and oxygen atoms in total. The molecule has 0 bridgehead atoms. The first-order valence-corrected chi connectivity index (χ1v) is 18.5. The quantitative estimate of drug-likeness (QED) is 0.0602. The second-order valence-corrected chi connectivity index (χ2v) is 15.7. The maximum atomic E-state index is 13.9. The number of unbranched alkanes of at least 4 members (excludes halogenated alkanes) is 6. The molecule has 2 aromatic rings. The SMILES string of the molecule is CCCCCCOc1cc(C)c(S(=O)(=O)C(=[N+]=[N-])S(=O)(=O)c2cc(C(C)C)c(OCCCCCC)cc2C)cc1C(C)C. The lowest BCUT2D eigenvalue weighted by Gasteiger charge is -2.18. The first-order valence-electron chi connectivity index (χ1n) is 15.5. The van der Waals surface area contributed by atoms with Gasteiger partial charge in [0.05, 0.1) is 23.0 Å². The van der Waals surface area contributed by atoms with E-state index in [1.54, 1.807) is 26.0 Å². The Balaban J connectivity index is 2.54. The average Bonchev–Trinajstić information content (AvgIpc) is 2.92. The summed E-state index contributed by atoms with van der Waals surface area (Å²) in [4.78, 5) is 2.42. The Hall–Kier alpha value is -2.68. The normalized spacial score (nSPS) is 12.0. The molecule has 0 aliphatic heterocycles. The minimum Gasteiger partial charge on any atom is -0.493 e. The van der Waals surface area contributed by atoms with Crippen LogP contribution in [0.25, 0.3) is 5.53 Å². The van der Waals surface area contributed by atoms with Gasteiger partial charge >= 0.3 is 4.38 Å². The zero-order valence-electron chi connectivity index (χ0n) is 27.2. The summed E-state index contributed by atoms with van der Waals surface area (Å²) in [5.74, 6) is 0.931. The Morgan fingerprint density at radius 2 is 1.05 bits per heavy atom. The molecule has 0 fully saturated rings. The number of hydrogen-bond donors (Lipinski definition) is 0. The summed E-state index contributed by atoms with van der Waals surface area (Å²) in [5, 5.41) is 0. The predicted octanol–water partition coefficient (Wildman–Crippen LogP) is 8.30. The van der Waals surface area contributed by atoms with Crippen LogP contribution in [-0.2, 0) is 19.7 Å². The van der Waals surface area contributed by atoms with Gasteiger partial charge in [0, 0.05) is 0 Å². The number of hydrogen-bond acceptors (Lipinski definition) is 6. The van der Waals surface area contributed by atoms with Crippen LogP contribution in [-0.4, -0.2) is 39.2 Å². The fourth-order valence-corrected chi connectivity index (χ4v) is 8.76. The second kappa shape index (κ2) is 16.4. The number of sulfone groups is 2. The predicted molar refractivity (Wildman–Crippen MR) is 173 cm³/mol. The highest BCUT2D eigenvalue weighted by Gasteiger charge is 2.46. The Kier molecular flexibility index (Phi) is 13.9. The maximum absolute atomic E-state index is 13.9. The molecule has 10 heteroatoms. The Bertz CT molecular complexity index is 1400. The van der Waals surface area contributed by atoms with Crippen molar-refractivity contribution < 1.29 is 31.1 Å². The lowest BCUT2D eigenvalue weighted by Crippen LogP contribution is -2.28. The van der Waals surface area contributed by atoms with Crippen molar-refractivity contribution in [2.45, 2.75) is 128 Å². The van der Waals surface area contributed by atoms with E-state index in [1.165, 1.54) is 12.1 Å². The lowest BCUT2D eigenvalue weighted by molar-refractivity contribution is 0.00379. The highest BCUT2D eigenvalue weighted by Crippen LogP contribution is 2.36. The lowest BCUT2D eigenvalue weighted by atomic mass is 10.0. The molecule has 43 heavy (non-hydrogen) atoms. The summed E-state index contributed by atoms with van der Waals surface area (Å²) in [7, 11) is -9.50. The largest absolute Gasteiger partial charge is 0.504 e. The monoisotopic (exact) mass is 634 g/mol. The van der Waals surface area contributed by atoms with E-state index in [0.29, 0.717) is 47.0 Å². The number of nitrogens with zero attached hydrogens (tertiary/aromatic N) is 2. The Morgan fingerprint density at radius 3 is 1.35 bits per heavy atom. The van der Waals surface area contributed by atoms with Crippen LogP contribution in [0.4, 0.5) is 0 Å². The molecule has 240 valence electrons. The van der Waals surface area contributed by atoms with E-state index in [0.717, 1.165) is 51.4 Å². The molecule has 0 aromatic heterocycles. The summed E-state index contributed by atoms with van der Waals surface area (Å²) in [6.45, 7) is 16.1. The van der Waals surface area contributed by atoms with E-state index in [4.69, 9.17) is 9.47 Å². The number of aryl methyl sites for hydroxylation is 2. The van der Waals surface area contributed by atoms with Crippen molar-refractivity contribution in [1.29, 1.82) is 0 Å². The van der Waals surface area contributed by atoms with E-state index < -0.39 is 24.1 Å². The third-order valence-corrected chi connectivity index (χ3v) is 11.9. The van der Waals surface area contributed by atoms with Crippen molar-refractivity contribution in [2.75, 3.05) is 13.2 Å². The molecule has 0 radical (unpaired) electrons. The second-order valence-electron chi connectivity index (χ2n) is 11.8. The molecule has 0 aliphatic rings. The van der Waals surface area contributed by atoms with Gasteiger partial charge in [0.15, 0.2) is 0 Å². The van der Waals surface area contributed by atoms with Gasteiger partial charge in [0.2, 0.25) is 0 Å².